The number of aryl methyl sites for hydroxylation is 1. The lowest BCUT2D eigenvalue weighted by Crippen LogP contribution is -2.71. The molecular weight excluding hydrogens is 581 g/mol. The summed E-state index contributed by atoms with van der Waals surface area (Å²) in [6.45, 7) is 2.51. The quantitative estimate of drug-likeness (QED) is 0.141. The number of amides is 2. The number of hydrogen-bond donors (Lipinski definition) is 3. The fourth-order valence-corrected chi connectivity index (χ4v) is 6.96. The zero-order valence-corrected chi connectivity index (χ0v) is 23.5. The number of allylic oxidation sites excluding steroid dienone is 2. The van der Waals surface area contributed by atoms with Crippen molar-refractivity contribution in [2.45, 2.75) is 49.7 Å². The summed E-state index contributed by atoms with van der Waals surface area (Å²) in [5, 5.41) is 31.9. The van der Waals surface area contributed by atoms with E-state index in [1.54, 1.807) is 17.4 Å². The Morgan fingerprint density at radius 2 is 2.17 bits per heavy atom. The Morgan fingerprint density at radius 1 is 1.40 bits per heavy atom. The lowest BCUT2D eigenvalue weighted by atomic mass is 9.80. The molecule has 210 valence electrons. The van der Waals surface area contributed by atoms with E-state index < -0.39 is 40.8 Å². The van der Waals surface area contributed by atoms with Crippen LogP contribution in [0.4, 0.5) is 5.13 Å². The summed E-state index contributed by atoms with van der Waals surface area (Å²) in [5.74, 6) is -3.87. The number of aliphatic carboxylic acids is 2. The van der Waals surface area contributed by atoms with Gasteiger partial charge in [-0.1, -0.05) is 22.6 Å². The van der Waals surface area contributed by atoms with Crippen LogP contribution in [0.3, 0.4) is 0 Å². The Balaban J connectivity index is 1.33. The molecule has 2 amide bonds. The highest BCUT2D eigenvalue weighted by atomic mass is 32.2. The normalized spacial score (nSPS) is 22.0. The molecule has 16 heteroatoms. The second kappa shape index (κ2) is 11.0. The number of nitrogens with zero attached hydrogens (tertiary/aromatic N) is 4. The maximum absolute atomic E-state index is 13.3. The Bertz CT molecular complexity index is 1470. The van der Waals surface area contributed by atoms with Crippen molar-refractivity contribution in [3.63, 3.8) is 0 Å². The number of thioether (sulfide) groups is 1. The molecule has 0 radical (unpaired) electrons. The van der Waals surface area contributed by atoms with E-state index in [0.29, 0.717) is 18.5 Å². The molecular formula is C24H24N6O7S3. The number of carboxylic acid groups (broad SMARTS) is 2. The third-order valence-electron chi connectivity index (χ3n) is 6.83. The first-order valence-electron chi connectivity index (χ1n) is 12.1. The van der Waals surface area contributed by atoms with Gasteiger partial charge in [-0.2, -0.15) is 4.57 Å². The molecule has 4 N–H and O–H groups in total. The smallest absolute Gasteiger partial charge is 0.350 e. The van der Waals surface area contributed by atoms with Crippen molar-refractivity contribution in [2.75, 3.05) is 11.5 Å². The lowest BCUT2D eigenvalue weighted by molar-refractivity contribution is -0.687. The first-order chi connectivity index (χ1) is 19.1. The molecule has 4 heterocycles. The van der Waals surface area contributed by atoms with Crippen LogP contribution in [0.5, 0.6) is 0 Å². The highest BCUT2D eigenvalue weighted by molar-refractivity contribution is 8.00. The molecule has 0 bridgehead atoms. The third-order valence-corrected chi connectivity index (χ3v) is 9.63. The second-order valence-electron chi connectivity index (χ2n) is 9.25. The van der Waals surface area contributed by atoms with Crippen molar-refractivity contribution >= 4 is 69.0 Å². The van der Waals surface area contributed by atoms with E-state index in [9.17, 15) is 29.4 Å². The van der Waals surface area contributed by atoms with Crippen molar-refractivity contribution in [3.05, 3.63) is 51.1 Å². The zero-order chi connectivity index (χ0) is 28.6. The number of hydrogen-bond acceptors (Lipinski definition) is 12. The van der Waals surface area contributed by atoms with Gasteiger partial charge < -0.3 is 30.9 Å². The molecule has 3 aliphatic rings. The number of carbonyl (C=O) groups is 4. The standard InChI is InChI=1S/C24H24N6O7S3/c1-12-29(8-9-38-12)7-2-4-13-10-39-20-16(19(32)30(20)17(13)21(33)34)27-18(31)15(14-11-40-23(25)26-14)28-37-24(22(35)36)5-3-6-24/h2,4,8-9,11,16,20H,3,5-7,10H2,1H3,(H4-,25,26,27,31,33,34,35,36)/b4-2?,28-15-/t16?,20-/m1/s1. The molecule has 2 aromatic heterocycles. The van der Waals surface area contributed by atoms with Gasteiger partial charge in [0.2, 0.25) is 10.6 Å². The SMILES string of the molecule is Cc1scc[n+]1CC=CC1=C(C(=O)[O-])N2C(=O)C(NC(=O)/C(=N\OC3(C(=O)O)CCC3)c3csc(N)n3)[C@H]2SC1. The van der Waals surface area contributed by atoms with Crippen molar-refractivity contribution in [1.29, 1.82) is 0 Å². The Morgan fingerprint density at radius 3 is 2.75 bits per heavy atom. The average molecular weight is 605 g/mol. The summed E-state index contributed by atoms with van der Waals surface area (Å²) in [5.41, 5.74) is 4.09. The third kappa shape index (κ3) is 5.09. The first-order valence-corrected chi connectivity index (χ1v) is 14.9. The number of anilines is 1. The van der Waals surface area contributed by atoms with Crippen LogP contribution in [0.2, 0.25) is 0 Å². The predicted octanol–water partition coefficient (Wildman–Crippen LogP) is -0.229. The first kappa shape index (κ1) is 27.8. The summed E-state index contributed by atoms with van der Waals surface area (Å²) in [4.78, 5) is 60.5. The van der Waals surface area contributed by atoms with Gasteiger partial charge in [0.15, 0.2) is 23.6 Å². The molecule has 1 aliphatic carbocycles. The maximum Gasteiger partial charge on any atom is 0.350 e. The summed E-state index contributed by atoms with van der Waals surface area (Å²) < 4.78 is 2.00. The molecule has 13 nitrogen and oxygen atoms in total. The number of nitrogens with one attached hydrogen (secondary N) is 1. The molecule has 40 heavy (non-hydrogen) atoms. The molecule has 1 saturated carbocycles. The highest BCUT2D eigenvalue weighted by Gasteiger charge is 2.53. The summed E-state index contributed by atoms with van der Waals surface area (Å²) >= 11 is 3.93. The van der Waals surface area contributed by atoms with E-state index >= 15 is 0 Å². The van der Waals surface area contributed by atoms with E-state index in [0.717, 1.165) is 21.2 Å². The molecule has 2 atom stereocenters. The molecule has 0 aromatic carbocycles. The predicted molar refractivity (Wildman–Crippen MR) is 144 cm³/mol. The number of aromatic nitrogens is 2. The Kier molecular flexibility index (Phi) is 7.65. The van der Waals surface area contributed by atoms with Crippen LogP contribution in [-0.2, 0) is 30.6 Å². The highest BCUT2D eigenvalue weighted by Crippen LogP contribution is 2.40. The van der Waals surface area contributed by atoms with Crippen molar-refractivity contribution in [1.82, 2.24) is 15.2 Å². The van der Waals surface area contributed by atoms with Gasteiger partial charge in [0.05, 0.1) is 17.0 Å². The van der Waals surface area contributed by atoms with Crippen molar-refractivity contribution in [3.8, 4) is 0 Å². The van der Waals surface area contributed by atoms with E-state index in [4.69, 9.17) is 10.6 Å². The fourth-order valence-electron chi connectivity index (χ4n) is 4.42. The maximum atomic E-state index is 13.3. The average Bonchev–Trinajstić information content (AvgIpc) is 3.50. The topological polar surface area (TPSA) is 191 Å². The van der Waals surface area contributed by atoms with Crippen molar-refractivity contribution in [2.24, 2.45) is 5.16 Å². The largest absolute Gasteiger partial charge is 0.543 e. The van der Waals surface area contributed by atoms with E-state index in [2.05, 4.69) is 15.5 Å². The number of carboxylic acids is 2. The van der Waals surface area contributed by atoms with Crippen LogP contribution >= 0.6 is 34.4 Å². The number of β-lactam (4-membered cyclic amide) rings is 1. The number of oxime groups is 1. The Labute approximate surface area is 240 Å². The molecule has 1 unspecified atom stereocenters. The number of fused-ring (bicyclic) bond motifs is 1. The van der Waals surface area contributed by atoms with Gasteiger partial charge in [-0.25, -0.2) is 9.78 Å². The molecule has 5 rings (SSSR count). The van der Waals surface area contributed by atoms with E-state index in [1.807, 2.05) is 29.1 Å². The van der Waals surface area contributed by atoms with Crippen LogP contribution in [-0.4, -0.2) is 67.2 Å². The second-order valence-corrected chi connectivity index (χ2v) is 12.3. The van der Waals surface area contributed by atoms with E-state index in [-0.39, 0.29) is 40.8 Å². The van der Waals surface area contributed by atoms with Gasteiger partial charge in [0.1, 0.15) is 17.1 Å². The van der Waals surface area contributed by atoms with Gasteiger partial charge >= 0.3 is 5.97 Å². The van der Waals surface area contributed by atoms with Crippen molar-refractivity contribution < 1.29 is 38.8 Å². The molecule has 1 saturated heterocycles. The van der Waals surface area contributed by atoms with Crippen LogP contribution in [0.25, 0.3) is 0 Å². The molecule has 0 spiro atoms. The monoisotopic (exact) mass is 604 g/mol. The summed E-state index contributed by atoms with van der Waals surface area (Å²) in [6.07, 6.45) is 6.51. The van der Waals surface area contributed by atoms with Crippen LogP contribution < -0.4 is 20.7 Å². The molecule has 2 fully saturated rings. The minimum absolute atomic E-state index is 0.0567. The van der Waals surface area contributed by atoms with E-state index in [1.165, 1.54) is 17.1 Å². The molecule has 2 aromatic rings. The fraction of sp³-hybridized carbons (Fsp3) is 0.375. The number of rotatable bonds is 10. The van der Waals surface area contributed by atoms with Gasteiger partial charge in [0.25, 0.3) is 11.8 Å². The van der Waals surface area contributed by atoms with Crippen LogP contribution in [0.1, 0.15) is 30.0 Å². The summed E-state index contributed by atoms with van der Waals surface area (Å²) in [6, 6.07) is -1.06. The number of nitrogens with two attached hydrogens (primary N) is 1. The minimum Gasteiger partial charge on any atom is -0.543 e. The number of thiazole rings is 2. The minimum atomic E-state index is -1.53. The molecule has 2 aliphatic heterocycles. The van der Waals surface area contributed by atoms with Gasteiger partial charge in [-0.05, 0) is 18.1 Å². The van der Waals surface area contributed by atoms with Crippen LogP contribution in [0, 0.1) is 6.92 Å². The van der Waals surface area contributed by atoms with Gasteiger partial charge in [-0.3, -0.25) is 14.5 Å². The zero-order valence-electron chi connectivity index (χ0n) is 21.1. The van der Waals surface area contributed by atoms with Crippen LogP contribution in [0.15, 0.2) is 45.5 Å². The summed E-state index contributed by atoms with van der Waals surface area (Å²) in [7, 11) is 0. The number of nitrogen functional groups attached to an aromatic ring is 1. The Hall–Kier alpha value is -3.76. The number of carbonyl (C=O) groups excluding carboxylic acids is 3. The van der Waals surface area contributed by atoms with Gasteiger partial charge in [0, 0.05) is 30.9 Å². The van der Waals surface area contributed by atoms with Gasteiger partial charge in [-0.15, -0.1) is 23.1 Å². The lowest BCUT2D eigenvalue weighted by Gasteiger charge is -2.50.